The van der Waals surface area contributed by atoms with E-state index in [1.165, 1.54) is 11.8 Å². The second-order valence-electron chi connectivity index (χ2n) is 4.71. The van der Waals surface area contributed by atoms with Gasteiger partial charge < -0.3 is 10.5 Å². The van der Waals surface area contributed by atoms with Crippen molar-refractivity contribution >= 4 is 17.6 Å². The number of Topliss-reactive ketones (excluding diaryl/α,β-unsaturated/α-hetero) is 1. The number of cyclic esters (lactones) is 1. The molecule has 1 aromatic carbocycles. The predicted octanol–water partition coefficient (Wildman–Crippen LogP) is 1.56. The molecule has 0 saturated carbocycles. The zero-order valence-corrected chi connectivity index (χ0v) is 10.5. The minimum absolute atomic E-state index is 0.00246. The van der Waals surface area contributed by atoms with E-state index in [1.807, 2.05) is 0 Å². The van der Waals surface area contributed by atoms with E-state index in [4.69, 9.17) is 10.5 Å². The fourth-order valence-corrected chi connectivity index (χ4v) is 1.88. The molecule has 1 aliphatic rings. The summed E-state index contributed by atoms with van der Waals surface area (Å²) in [4.78, 5) is 24.4. The van der Waals surface area contributed by atoms with Gasteiger partial charge in [0.05, 0.1) is 6.54 Å². The summed E-state index contributed by atoms with van der Waals surface area (Å²) < 4.78 is 5.24. The van der Waals surface area contributed by atoms with E-state index in [1.54, 1.807) is 31.2 Å². The van der Waals surface area contributed by atoms with Gasteiger partial charge in [0, 0.05) is 17.8 Å². The molecule has 1 fully saturated rings. The van der Waals surface area contributed by atoms with Crippen LogP contribution in [0.4, 0.5) is 10.5 Å². The summed E-state index contributed by atoms with van der Waals surface area (Å²) >= 11 is 0. The lowest BCUT2D eigenvalue weighted by Gasteiger charge is -2.19. The molecule has 0 radical (unpaired) electrons. The lowest BCUT2D eigenvalue weighted by Crippen LogP contribution is -2.38. The Bertz CT molecular complexity index is 484. The monoisotopic (exact) mass is 248 g/mol. The molecule has 1 unspecified atom stereocenters. The maximum Gasteiger partial charge on any atom is 0.415 e. The Morgan fingerprint density at radius 2 is 2.06 bits per heavy atom. The molecule has 1 atom stereocenters. The van der Waals surface area contributed by atoms with Crippen molar-refractivity contribution in [1.29, 1.82) is 0 Å². The number of anilines is 1. The minimum atomic E-state index is -0.643. The number of ketones is 1. The van der Waals surface area contributed by atoms with Crippen LogP contribution in [-0.2, 0) is 4.74 Å². The summed E-state index contributed by atoms with van der Waals surface area (Å²) in [5.74, 6) is -0.00246. The van der Waals surface area contributed by atoms with Gasteiger partial charge in [-0.3, -0.25) is 9.69 Å². The van der Waals surface area contributed by atoms with Crippen LogP contribution in [0, 0.1) is 0 Å². The predicted molar refractivity (Wildman–Crippen MR) is 67.7 cm³/mol. The molecular formula is C13H16N2O3. The van der Waals surface area contributed by atoms with E-state index in [9.17, 15) is 9.59 Å². The van der Waals surface area contributed by atoms with Crippen molar-refractivity contribution in [3.8, 4) is 0 Å². The zero-order chi connectivity index (χ0) is 13.3. The minimum Gasteiger partial charge on any atom is -0.440 e. The summed E-state index contributed by atoms with van der Waals surface area (Å²) in [5.41, 5.74) is 6.27. The highest BCUT2D eigenvalue weighted by Gasteiger charge is 2.40. The molecule has 96 valence electrons. The van der Waals surface area contributed by atoms with Gasteiger partial charge in [0.1, 0.15) is 5.60 Å². The highest BCUT2D eigenvalue weighted by Crippen LogP contribution is 2.27. The van der Waals surface area contributed by atoms with Crippen LogP contribution < -0.4 is 10.6 Å². The van der Waals surface area contributed by atoms with E-state index in [2.05, 4.69) is 0 Å². The third kappa shape index (κ3) is 2.22. The number of carbonyl (C=O) groups excluding carboxylic acids is 2. The molecule has 1 amide bonds. The summed E-state index contributed by atoms with van der Waals surface area (Å²) in [6.45, 7) is 4.00. The molecule has 0 bridgehead atoms. The van der Waals surface area contributed by atoms with Crippen molar-refractivity contribution in [3.05, 3.63) is 29.8 Å². The number of rotatable bonds is 3. The molecule has 2 N–H and O–H groups in total. The van der Waals surface area contributed by atoms with Crippen LogP contribution in [0.25, 0.3) is 0 Å². The molecule has 5 heteroatoms. The Hall–Kier alpha value is -1.88. The molecule has 0 aliphatic carbocycles. The van der Waals surface area contributed by atoms with Crippen LogP contribution in [0.2, 0.25) is 0 Å². The molecule has 2 rings (SSSR count). The largest absolute Gasteiger partial charge is 0.440 e. The summed E-state index contributed by atoms with van der Waals surface area (Å²) in [6.07, 6.45) is -0.404. The molecule has 1 aromatic rings. The standard InChI is InChI=1S/C13H16N2O3/c1-9(16)10-3-5-11(6-4-10)15-8-13(2,7-14)18-12(15)17/h3-6H,7-8,14H2,1-2H3. The highest BCUT2D eigenvalue weighted by atomic mass is 16.6. The molecule has 1 heterocycles. The fourth-order valence-electron chi connectivity index (χ4n) is 1.88. The van der Waals surface area contributed by atoms with Gasteiger partial charge in [-0.25, -0.2) is 4.79 Å². The average Bonchev–Trinajstić information content (AvgIpc) is 2.66. The van der Waals surface area contributed by atoms with Crippen LogP contribution in [0.1, 0.15) is 24.2 Å². The van der Waals surface area contributed by atoms with Crippen molar-refractivity contribution in [2.75, 3.05) is 18.0 Å². The molecule has 1 saturated heterocycles. The third-order valence-electron chi connectivity index (χ3n) is 3.06. The van der Waals surface area contributed by atoms with E-state index in [-0.39, 0.29) is 12.3 Å². The van der Waals surface area contributed by atoms with Crippen molar-refractivity contribution < 1.29 is 14.3 Å². The van der Waals surface area contributed by atoms with Gasteiger partial charge in [-0.15, -0.1) is 0 Å². The first-order valence-corrected chi connectivity index (χ1v) is 5.77. The summed E-state index contributed by atoms with van der Waals surface area (Å²) in [7, 11) is 0. The number of hydrogen-bond acceptors (Lipinski definition) is 4. The molecule has 5 nitrogen and oxygen atoms in total. The van der Waals surface area contributed by atoms with Crippen molar-refractivity contribution in [2.24, 2.45) is 5.73 Å². The lowest BCUT2D eigenvalue weighted by molar-refractivity contribution is 0.0789. The van der Waals surface area contributed by atoms with Crippen LogP contribution >= 0.6 is 0 Å². The van der Waals surface area contributed by atoms with Crippen LogP contribution in [-0.4, -0.2) is 30.6 Å². The topological polar surface area (TPSA) is 72.6 Å². The second-order valence-corrected chi connectivity index (χ2v) is 4.71. The Morgan fingerprint density at radius 3 is 2.50 bits per heavy atom. The Morgan fingerprint density at radius 1 is 1.44 bits per heavy atom. The van der Waals surface area contributed by atoms with Crippen LogP contribution in [0.15, 0.2) is 24.3 Å². The second kappa shape index (κ2) is 4.42. The Kier molecular flexibility index (Phi) is 3.09. The number of nitrogens with zero attached hydrogens (tertiary/aromatic N) is 1. The van der Waals surface area contributed by atoms with Gasteiger partial charge in [0.25, 0.3) is 0 Å². The zero-order valence-electron chi connectivity index (χ0n) is 10.5. The first-order chi connectivity index (χ1) is 8.45. The van der Waals surface area contributed by atoms with E-state index in [0.717, 1.165) is 0 Å². The van der Waals surface area contributed by atoms with E-state index >= 15 is 0 Å². The summed E-state index contributed by atoms with van der Waals surface area (Å²) in [6, 6.07) is 6.87. The van der Waals surface area contributed by atoms with E-state index in [0.29, 0.717) is 17.8 Å². The number of nitrogens with two attached hydrogens (primary N) is 1. The van der Waals surface area contributed by atoms with Crippen molar-refractivity contribution in [2.45, 2.75) is 19.4 Å². The highest BCUT2D eigenvalue weighted by molar-refractivity contribution is 5.95. The van der Waals surface area contributed by atoms with Gasteiger partial charge in [-0.1, -0.05) is 0 Å². The maximum atomic E-state index is 11.7. The van der Waals surface area contributed by atoms with Crippen LogP contribution in [0.3, 0.4) is 0 Å². The quantitative estimate of drug-likeness (QED) is 0.824. The normalized spacial score (nSPS) is 23.1. The molecular weight excluding hydrogens is 232 g/mol. The van der Waals surface area contributed by atoms with Gasteiger partial charge in [0.2, 0.25) is 0 Å². The number of ether oxygens (including phenoxy) is 1. The lowest BCUT2D eigenvalue weighted by atomic mass is 10.1. The SMILES string of the molecule is CC(=O)c1ccc(N2CC(C)(CN)OC2=O)cc1. The third-order valence-corrected chi connectivity index (χ3v) is 3.06. The van der Waals surface area contributed by atoms with Gasteiger partial charge in [-0.2, -0.15) is 0 Å². The number of carbonyl (C=O) groups is 2. The van der Waals surface area contributed by atoms with E-state index < -0.39 is 11.7 Å². The maximum absolute atomic E-state index is 11.7. The van der Waals surface area contributed by atoms with Gasteiger partial charge in [-0.05, 0) is 38.1 Å². The Labute approximate surface area is 106 Å². The smallest absolute Gasteiger partial charge is 0.415 e. The summed E-state index contributed by atoms with van der Waals surface area (Å²) in [5, 5.41) is 0. The average molecular weight is 248 g/mol. The van der Waals surface area contributed by atoms with Crippen molar-refractivity contribution in [1.82, 2.24) is 0 Å². The fraction of sp³-hybridized carbons (Fsp3) is 0.385. The molecule has 0 spiro atoms. The van der Waals surface area contributed by atoms with Crippen LogP contribution in [0.5, 0.6) is 0 Å². The van der Waals surface area contributed by atoms with Gasteiger partial charge in [0.15, 0.2) is 5.78 Å². The number of hydrogen-bond donors (Lipinski definition) is 1. The first kappa shape index (κ1) is 12.6. The first-order valence-electron chi connectivity index (χ1n) is 5.77. The van der Waals surface area contributed by atoms with Crippen molar-refractivity contribution in [3.63, 3.8) is 0 Å². The molecule has 18 heavy (non-hydrogen) atoms. The number of benzene rings is 1. The Balaban J connectivity index is 2.22. The van der Waals surface area contributed by atoms with Gasteiger partial charge >= 0.3 is 6.09 Å². The molecule has 0 aromatic heterocycles. The number of amides is 1. The molecule has 1 aliphatic heterocycles.